The minimum Gasteiger partial charge on any atom is -0.219 e. The van der Waals surface area contributed by atoms with E-state index in [4.69, 9.17) is 0 Å². The van der Waals surface area contributed by atoms with Crippen molar-refractivity contribution in [3.63, 3.8) is 0 Å². The Morgan fingerprint density at radius 3 is 1.08 bits per heavy atom. The van der Waals surface area contributed by atoms with E-state index in [1.54, 1.807) is 0 Å². The van der Waals surface area contributed by atoms with Gasteiger partial charge < -0.3 is 0 Å². The third kappa shape index (κ3) is 1.66. The van der Waals surface area contributed by atoms with E-state index in [1.807, 2.05) is 41.5 Å². The fourth-order valence-electron chi connectivity index (χ4n) is 1.68. The average molecular weight is 202 g/mol. The number of rotatable bonds is 0. The molecule has 1 heterocycles. The summed E-state index contributed by atoms with van der Waals surface area (Å²) in [5.74, 6) is 0. The molecule has 3 heteroatoms. The lowest BCUT2D eigenvalue weighted by molar-refractivity contribution is 0.502. The van der Waals surface area contributed by atoms with Gasteiger partial charge in [-0.05, 0) is 10.8 Å². The molecule has 0 aromatic rings. The maximum atomic E-state index is 11.6. The van der Waals surface area contributed by atoms with Gasteiger partial charge in [0.25, 0.3) is 0 Å². The predicted molar refractivity (Wildman–Crippen MR) is 54.9 cm³/mol. The summed E-state index contributed by atoms with van der Waals surface area (Å²) in [5, 5.41) is 0. The van der Waals surface area contributed by atoms with Crippen LogP contribution in [0.2, 0.25) is 0 Å². The van der Waals surface area contributed by atoms with Crippen LogP contribution in [0.4, 0.5) is 0 Å². The molecule has 0 fully saturated rings. The Kier molecular flexibility index (Phi) is 1.97. The topological polar surface area (TPSA) is 34.1 Å². The molecule has 0 aromatic heterocycles. The van der Waals surface area contributed by atoms with Gasteiger partial charge in [0.2, 0.25) is 9.84 Å². The minimum atomic E-state index is -2.98. The van der Waals surface area contributed by atoms with Crippen LogP contribution in [0, 0.1) is 10.8 Å². The molecule has 0 bridgehead atoms. The minimum absolute atomic E-state index is 0.235. The smallest absolute Gasteiger partial charge is 0.202 e. The molecular weight excluding hydrogens is 184 g/mol. The van der Waals surface area contributed by atoms with Crippen molar-refractivity contribution in [1.82, 2.24) is 0 Å². The highest BCUT2D eigenvalue weighted by Crippen LogP contribution is 2.55. The molecule has 0 amide bonds. The van der Waals surface area contributed by atoms with Crippen LogP contribution in [0.1, 0.15) is 41.5 Å². The predicted octanol–water partition coefficient (Wildman–Crippen LogP) is 2.72. The SMILES string of the molecule is CC(C)(C)C1=C(C(C)(C)C)S1(=O)=O. The van der Waals surface area contributed by atoms with E-state index in [9.17, 15) is 8.42 Å². The second-order valence-corrected chi connectivity index (χ2v) is 7.49. The quantitative estimate of drug-likeness (QED) is 0.605. The Balaban J connectivity index is 3.21. The van der Waals surface area contributed by atoms with Crippen LogP contribution in [0.25, 0.3) is 0 Å². The first kappa shape index (κ1) is 10.8. The molecule has 1 aliphatic heterocycles. The molecule has 1 aliphatic rings. The van der Waals surface area contributed by atoms with Crippen LogP contribution in [0.5, 0.6) is 0 Å². The Hall–Kier alpha value is -0.310. The molecule has 0 saturated carbocycles. The Bertz CT molecular complexity index is 329. The van der Waals surface area contributed by atoms with E-state index >= 15 is 0 Å². The highest BCUT2D eigenvalue weighted by molar-refractivity contribution is 8.05. The molecule has 2 nitrogen and oxygen atoms in total. The fraction of sp³-hybridized carbons (Fsp3) is 0.800. The normalized spacial score (nSPS) is 22.0. The van der Waals surface area contributed by atoms with Gasteiger partial charge in [-0.3, -0.25) is 0 Å². The van der Waals surface area contributed by atoms with Crippen LogP contribution >= 0.6 is 0 Å². The van der Waals surface area contributed by atoms with Crippen LogP contribution < -0.4 is 0 Å². The maximum Gasteiger partial charge on any atom is 0.202 e. The van der Waals surface area contributed by atoms with Gasteiger partial charge in [0.1, 0.15) is 0 Å². The van der Waals surface area contributed by atoms with Crippen LogP contribution in [-0.2, 0) is 9.84 Å². The molecule has 13 heavy (non-hydrogen) atoms. The summed E-state index contributed by atoms with van der Waals surface area (Å²) in [5.41, 5.74) is -0.469. The molecule has 76 valence electrons. The van der Waals surface area contributed by atoms with E-state index in [1.165, 1.54) is 0 Å². The number of hydrogen-bond acceptors (Lipinski definition) is 2. The van der Waals surface area contributed by atoms with Crippen molar-refractivity contribution in [3.05, 3.63) is 9.81 Å². The Labute approximate surface area is 81.0 Å². The van der Waals surface area contributed by atoms with Gasteiger partial charge in [0, 0.05) is 0 Å². The number of sulfone groups is 1. The Morgan fingerprint density at radius 1 is 0.769 bits per heavy atom. The molecular formula is C10H18O2S. The van der Waals surface area contributed by atoms with E-state index in [-0.39, 0.29) is 10.8 Å². The third-order valence-electron chi connectivity index (χ3n) is 2.06. The first-order valence-electron chi connectivity index (χ1n) is 4.49. The number of allylic oxidation sites excluding steroid dienone is 2. The Morgan fingerprint density at radius 2 is 1.00 bits per heavy atom. The molecule has 0 spiro atoms. The standard InChI is InChI=1S/C10H18O2S/c1-9(2,3)7-8(10(4,5)6)13(7,11)12/h1-6H3. The summed E-state index contributed by atoms with van der Waals surface area (Å²) in [6, 6.07) is 0. The van der Waals surface area contributed by atoms with Crippen molar-refractivity contribution < 1.29 is 8.42 Å². The summed E-state index contributed by atoms with van der Waals surface area (Å²) < 4.78 is 23.2. The highest BCUT2D eigenvalue weighted by Gasteiger charge is 2.53. The summed E-state index contributed by atoms with van der Waals surface area (Å²) in [7, 11) is -2.98. The van der Waals surface area contributed by atoms with Crippen molar-refractivity contribution in [2.75, 3.05) is 0 Å². The van der Waals surface area contributed by atoms with Gasteiger partial charge in [0.05, 0.1) is 9.81 Å². The average Bonchev–Trinajstić information content (AvgIpc) is 2.29. The number of hydrogen-bond donors (Lipinski definition) is 0. The maximum absolute atomic E-state index is 11.6. The van der Waals surface area contributed by atoms with Gasteiger partial charge in [-0.25, -0.2) is 8.42 Å². The molecule has 0 unspecified atom stereocenters. The van der Waals surface area contributed by atoms with Crippen molar-refractivity contribution in [3.8, 4) is 0 Å². The van der Waals surface area contributed by atoms with Crippen molar-refractivity contribution in [1.29, 1.82) is 0 Å². The summed E-state index contributed by atoms with van der Waals surface area (Å²) >= 11 is 0. The van der Waals surface area contributed by atoms with Gasteiger partial charge in [-0.2, -0.15) is 0 Å². The van der Waals surface area contributed by atoms with Crippen molar-refractivity contribution in [2.24, 2.45) is 10.8 Å². The summed E-state index contributed by atoms with van der Waals surface area (Å²) in [6.07, 6.45) is 0. The molecule has 0 aromatic carbocycles. The van der Waals surface area contributed by atoms with Crippen LogP contribution in [-0.4, -0.2) is 8.42 Å². The monoisotopic (exact) mass is 202 g/mol. The lowest BCUT2D eigenvalue weighted by Crippen LogP contribution is -2.04. The van der Waals surface area contributed by atoms with Gasteiger partial charge in [-0.15, -0.1) is 0 Å². The zero-order valence-electron chi connectivity index (χ0n) is 9.22. The lowest BCUT2D eigenvalue weighted by Gasteiger charge is -2.12. The lowest BCUT2D eigenvalue weighted by atomic mass is 9.89. The molecule has 1 rings (SSSR count). The summed E-state index contributed by atoms with van der Waals surface area (Å²) in [4.78, 5) is 1.29. The molecule has 0 atom stereocenters. The van der Waals surface area contributed by atoms with E-state index in [2.05, 4.69) is 0 Å². The largest absolute Gasteiger partial charge is 0.219 e. The molecule has 0 aliphatic carbocycles. The zero-order valence-corrected chi connectivity index (χ0v) is 10.0. The van der Waals surface area contributed by atoms with Crippen molar-refractivity contribution >= 4 is 9.84 Å². The first-order chi connectivity index (χ1) is 5.49. The molecule has 0 radical (unpaired) electrons. The van der Waals surface area contributed by atoms with E-state index < -0.39 is 9.84 Å². The van der Waals surface area contributed by atoms with Gasteiger partial charge in [-0.1, -0.05) is 41.5 Å². The first-order valence-corrected chi connectivity index (χ1v) is 5.97. The molecule has 0 saturated heterocycles. The second-order valence-electron chi connectivity index (χ2n) is 5.66. The van der Waals surface area contributed by atoms with Crippen molar-refractivity contribution in [2.45, 2.75) is 41.5 Å². The second kappa shape index (κ2) is 2.38. The zero-order chi connectivity index (χ0) is 10.7. The third-order valence-corrected chi connectivity index (χ3v) is 4.57. The van der Waals surface area contributed by atoms with Gasteiger partial charge >= 0.3 is 0 Å². The highest BCUT2D eigenvalue weighted by atomic mass is 32.2. The molecule has 0 N–H and O–H groups in total. The van der Waals surface area contributed by atoms with E-state index in [0.29, 0.717) is 9.81 Å². The van der Waals surface area contributed by atoms with Crippen LogP contribution in [0.15, 0.2) is 9.81 Å². The van der Waals surface area contributed by atoms with E-state index in [0.717, 1.165) is 0 Å². The fourth-order valence-corrected chi connectivity index (χ4v) is 4.50. The van der Waals surface area contributed by atoms with Gasteiger partial charge in [0.15, 0.2) is 0 Å². The summed E-state index contributed by atoms with van der Waals surface area (Å²) in [6.45, 7) is 11.7. The van der Waals surface area contributed by atoms with Crippen LogP contribution in [0.3, 0.4) is 0 Å².